The lowest BCUT2D eigenvalue weighted by Gasteiger charge is -2.31. The first-order valence-corrected chi connectivity index (χ1v) is 7.96. The van der Waals surface area contributed by atoms with E-state index in [-0.39, 0.29) is 29.8 Å². The molecule has 110 valence electrons. The summed E-state index contributed by atoms with van der Waals surface area (Å²) in [5, 5.41) is 3.01. The van der Waals surface area contributed by atoms with Crippen LogP contribution in [0, 0.1) is 5.41 Å². The molecule has 0 aliphatic carbocycles. The van der Waals surface area contributed by atoms with E-state index in [1.165, 1.54) is 0 Å². The van der Waals surface area contributed by atoms with Crippen LogP contribution in [-0.4, -0.2) is 30.5 Å². The van der Waals surface area contributed by atoms with Gasteiger partial charge in [-0.25, -0.2) is 0 Å². The van der Waals surface area contributed by atoms with Gasteiger partial charge >= 0.3 is 0 Å². The van der Waals surface area contributed by atoms with Crippen LogP contribution in [-0.2, 0) is 4.79 Å². The van der Waals surface area contributed by atoms with Crippen molar-refractivity contribution in [1.29, 1.82) is 0 Å². The van der Waals surface area contributed by atoms with Crippen LogP contribution in [0.25, 0.3) is 0 Å². The van der Waals surface area contributed by atoms with Crippen molar-refractivity contribution < 1.29 is 4.79 Å². The second-order valence-corrected chi connectivity index (χ2v) is 5.65. The molecule has 5 heteroatoms. The van der Waals surface area contributed by atoms with Crippen LogP contribution in [0.3, 0.4) is 0 Å². The Morgan fingerprint density at radius 2 is 1.78 bits per heavy atom. The van der Waals surface area contributed by atoms with E-state index in [0.29, 0.717) is 0 Å². The van der Waals surface area contributed by atoms with E-state index in [9.17, 15) is 4.79 Å². The molecule has 0 aromatic heterocycles. The number of halogens is 1. The minimum absolute atomic E-state index is 0. The first-order valence-electron chi connectivity index (χ1n) is 6.57. The first kappa shape index (κ1) is 20.4. The number of amides is 1. The molecule has 0 aliphatic heterocycles. The molecule has 0 fully saturated rings. The molecule has 1 atom stereocenters. The number of carbonyl (C=O) groups is 1. The zero-order valence-electron chi connectivity index (χ0n) is 12.1. The second kappa shape index (κ2) is 10.9. The maximum absolute atomic E-state index is 11.8. The minimum Gasteiger partial charge on any atom is -0.354 e. The molecule has 3 N–H and O–H groups in total. The Morgan fingerprint density at radius 3 is 2.17 bits per heavy atom. The normalized spacial score (nSPS) is 12.7. The Hall–Kier alpha value is 0.0700. The van der Waals surface area contributed by atoms with Gasteiger partial charge in [0.15, 0.2) is 0 Å². The molecular formula is C13H29ClN2OS. The Balaban J connectivity index is 0. The highest BCUT2D eigenvalue weighted by Gasteiger charge is 2.25. The van der Waals surface area contributed by atoms with Crippen LogP contribution in [0.2, 0.25) is 0 Å². The van der Waals surface area contributed by atoms with Crippen molar-refractivity contribution >= 4 is 30.1 Å². The zero-order chi connectivity index (χ0) is 13.3. The third-order valence-electron chi connectivity index (χ3n) is 3.86. The van der Waals surface area contributed by atoms with E-state index >= 15 is 0 Å². The summed E-state index contributed by atoms with van der Waals surface area (Å²) in [5.41, 5.74) is 6.08. The van der Waals surface area contributed by atoms with Crippen LogP contribution >= 0.6 is 24.2 Å². The van der Waals surface area contributed by atoms with Crippen molar-refractivity contribution in [3.63, 3.8) is 0 Å². The third-order valence-corrected chi connectivity index (χ3v) is 4.50. The molecule has 1 amide bonds. The van der Waals surface area contributed by atoms with Crippen molar-refractivity contribution in [1.82, 2.24) is 5.32 Å². The van der Waals surface area contributed by atoms with Gasteiger partial charge < -0.3 is 11.1 Å². The molecule has 0 radical (unpaired) electrons. The number of rotatable bonds is 9. The molecule has 0 aromatic rings. The molecule has 0 aromatic carbocycles. The quantitative estimate of drug-likeness (QED) is 0.688. The number of nitrogens with two attached hydrogens (primary N) is 1. The van der Waals surface area contributed by atoms with Gasteiger partial charge in [0.25, 0.3) is 0 Å². The van der Waals surface area contributed by atoms with E-state index < -0.39 is 0 Å². The standard InChI is InChI=1S/C13H28N2OS.ClH/c1-5-13(6-2,7-3)10-15-12(16)11(14)8-9-17-4;/h11H,5-10,14H2,1-4H3,(H,15,16);1H/t11-;/m0./s1. The summed E-state index contributed by atoms with van der Waals surface area (Å²) in [6.07, 6.45) is 6.08. The summed E-state index contributed by atoms with van der Waals surface area (Å²) in [4.78, 5) is 11.8. The van der Waals surface area contributed by atoms with Crippen LogP contribution in [0.5, 0.6) is 0 Å². The minimum atomic E-state index is -0.356. The van der Waals surface area contributed by atoms with Gasteiger partial charge in [0.1, 0.15) is 0 Å². The molecule has 18 heavy (non-hydrogen) atoms. The van der Waals surface area contributed by atoms with E-state index in [1.54, 1.807) is 11.8 Å². The summed E-state index contributed by atoms with van der Waals surface area (Å²) in [6, 6.07) is -0.356. The maximum Gasteiger partial charge on any atom is 0.236 e. The van der Waals surface area contributed by atoms with Crippen LogP contribution < -0.4 is 11.1 Å². The fourth-order valence-corrected chi connectivity index (χ4v) is 2.40. The van der Waals surface area contributed by atoms with E-state index in [0.717, 1.165) is 38.0 Å². The highest BCUT2D eigenvalue weighted by molar-refractivity contribution is 7.98. The number of carbonyl (C=O) groups excluding carboxylic acids is 1. The highest BCUT2D eigenvalue weighted by Crippen LogP contribution is 2.29. The lowest BCUT2D eigenvalue weighted by atomic mass is 9.80. The molecule has 0 unspecified atom stereocenters. The average molecular weight is 297 g/mol. The lowest BCUT2D eigenvalue weighted by Crippen LogP contribution is -2.45. The van der Waals surface area contributed by atoms with E-state index in [4.69, 9.17) is 5.73 Å². The van der Waals surface area contributed by atoms with E-state index in [2.05, 4.69) is 26.1 Å². The molecule has 0 bridgehead atoms. The fourth-order valence-electron chi connectivity index (χ4n) is 1.91. The van der Waals surface area contributed by atoms with Gasteiger partial charge in [-0.1, -0.05) is 20.8 Å². The molecule has 3 nitrogen and oxygen atoms in total. The van der Waals surface area contributed by atoms with Gasteiger partial charge in [-0.05, 0) is 43.1 Å². The lowest BCUT2D eigenvalue weighted by molar-refractivity contribution is -0.123. The smallest absolute Gasteiger partial charge is 0.236 e. The maximum atomic E-state index is 11.8. The van der Waals surface area contributed by atoms with Gasteiger partial charge in [-0.2, -0.15) is 11.8 Å². The van der Waals surface area contributed by atoms with Gasteiger partial charge in [-0.3, -0.25) is 4.79 Å². The molecule has 0 saturated heterocycles. The van der Waals surface area contributed by atoms with E-state index in [1.807, 2.05) is 6.26 Å². The third kappa shape index (κ3) is 6.86. The largest absolute Gasteiger partial charge is 0.354 e. The van der Waals surface area contributed by atoms with Crippen molar-refractivity contribution in [2.45, 2.75) is 52.5 Å². The average Bonchev–Trinajstić information content (AvgIpc) is 2.37. The van der Waals surface area contributed by atoms with Gasteiger partial charge in [0.2, 0.25) is 5.91 Å². The predicted molar refractivity (Wildman–Crippen MR) is 84.5 cm³/mol. The van der Waals surface area contributed by atoms with Crippen molar-refractivity contribution in [2.24, 2.45) is 11.1 Å². The Kier molecular flexibility index (Phi) is 12.4. The van der Waals surface area contributed by atoms with Crippen molar-refractivity contribution in [3.8, 4) is 0 Å². The summed E-state index contributed by atoms with van der Waals surface area (Å²) in [5.74, 6) is 0.938. The van der Waals surface area contributed by atoms with Crippen LogP contribution in [0.15, 0.2) is 0 Å². The zero-order valence-corrected chi connectivity index (χ0v) is 13.8. The second-order valence-electron chi connectivity index (χ2n) is 4.67. The highest BCUT2D eigenvalue weighted by atomic mass is 35.5. The molecule has 0 spiro atoms. The fraction of sp³-hybridized carbons (Fsp3) is 0.923. The van der Waals surface area contributed by atoms with Crippen LogP contribution in [0.4, 0.5) is 0 Å². The number of hydrogen-bond acceptors (Lipinski definition) is 3. The molecule has 0 aliphatic rings. The summed E-state index contributed by atoms with van der Waals surface area (Å²) < 4.78 is 0. The molecular weight excluding hydrogens is 268 g/mol. The summed E-state index contributed by atoms with van der Waals surface area (Å²) in [7, 11) is 0. The van der Waals surface area contributed by atoms with Crippen LogP contribution in [0.1, 0.15) is 46.5 Å². The Morgan fingerprint density at radius 1 is 1.28 bits per heavy atom. The van der Waals surface area contributed by atoms with Gasteiger partial charge in [-0.15, -0.1) is 12.4 Å². The Labute approximate surface area is 122 Å². The topological polar surface area (TPSA) is 55.1 Å². The SMILES string of the molecule is CCC(CC)(CC)CNC(=O)[C@@H](N)CCSC.Cl. The van der Waals surface area contributed by atoms with Crippen molar-refractivity contribution in [2.75, 3.05) is 18.6 Å². The van der Waals surface area contributed by atoms with Gasteiger partial charge in [0, 0.05) is 6.54 Å². The monoisotopic (exact) mass is 296 g/mol. The molecule has 0 rings (SSSR count). The predicted octanol–water partition coefficient (Wildman–Crippen LogP) is 2.82. The summed E-state index contributed by atoms with van der Waals surface area (Å²) >= 11 is 1.72. The van der Waals surface area contributed by atoms with Crippen molar-refractivity contribution in [3.05, 3.63) is 0 Å². The Bertz CT molecular complexity index is 215. The van der Waals surface area contributed by atoms with Gasteiger partial charge in [0.05, 0.1) is 6.04 Å². The first-order chi connectivity index (χ1) is 8.05. The number of nitrogens with one attached hydrogen (secondary N) is 1. The summed E-state index contributed by atoms with van der Waals surface area (Å²) in [6.45, 7) is 7.31. The molecule has 0 heterocycles. The number of thioether (sulfide) groups is 1. The number of hydrogen-bond donors (Lipinski definition) is 2. The molecule has 0 saturated carbocycles.